The van der Waals surface area contributed by atoms with Crippen LogP contribution in [0.4, 0.5) is 5.69 Å². The molecule has 0 spiro atoms. The molecule has 1 aromatic carbocycles. The van der Waals surface area contributed by atoms with E-state index in [9.17, 15) is 24.6 Å². The third-order valence-electron chi connectivity index (χ3n) is 5.16. The number of carboxylic acid groups (broad SMARTS) is 1. The summed E-state index contributed by atoms with van der Waals surface area (Å²) >= 11 is 1.34. The number of hydrogen-bond acceptors (Lipinski definition) is 6. The molecule has 2 N–H and O–H groups in total. The number of carbonyl (C=O) groups is 3. The number of nitrogens with zero attached hydrogens (tertiary/aromatic N) is 1. The number of carboxylic acids is 1. The average Bonchev–Trinajstić information content (AvgIpc) is 3.28. The molecule has 2 aliphatic heterocycles. The van der Waals surface area contributed by atoms with E-state index in [0.717, 1.165) is 0 Å². The number of aliphatic carboxylic acids is 1. The van der Waals surface area contributed by atoms with E-state index in [4.69, 9.17) is 0 Å². The Kier molecular flexibility index (Phi) is 6.30. The molecule has 9 heteroatoms. The molecule has 0 unspecified atom stereocenters. The van der Waals surface area contributed by atoms with Gasteiger partial charge in [-0.3, -0.25) is 9.59 Å². The van der Waals surface area contributed by atoms with E-state index in [0.29, 0.717) is 28.1 Å². The van der Waals surface area contributed by atoms with Crippen molar-refractivity contribution in [2.24, 2.45) is 5.92 Å². The predicted molar refractivity (Wildman–Crippen MR) is 101 cm³/mol. The maximum atomic E-state index is 12.3. The van der Waals surface area contributed by atoms with Crippen molar-refractivity contribution in [1.29, 1.82) is 0 Å². The molecule has 3 atom stereocenters. The van der Waals surface area contributed by atoms with Crippen LogP contribution in [-0.4, -0.2) is 39.9 Å². The number of aliphatic hydroxyl groups is 1. The molecule has 4 rings (SSSR count). The molecular weight excluding hydrogens is 403 g/mol. The molecule has 1 aromatic heterocycles. The Labute approximate surface area is 193 Å². The van der Waals surface area contributed by atoms with E-state index in [-0.39, 0.29) is 47.2 Å². The molecule has 1 saturated heterocycles. The van der Waals surface area contributed by atoms with Crippen molar-refractivity contribution in [1.82, 2.24) is 4.90 Å². The quantitative estimate of drug-likeness (QED) is 0.433. The summed E-state index contributed by atoms with van der Waals surface area (Å²) < 4.78 is 0. The number of hydrogen-bond donors (Lipinski definition) is 2. The van der Waals surface area contributed by atoms with Crippen molar-refractivity contribution in [3.63, 3.8) is 0 Å². The molecule has 2 aliphatic rings. The van der Waals surface area contributed by atoms with Crippen LogP contribution in [0.2, 0.25) is 0 Å². The first-order valence-electron chi connectivity index (χ1n) is 8.79. The normalized spacial score (nSPS) is 21.2. The third kappa shape index (κ3) is 3.78. The van der Waals surface area contributed by atoms with Gasteiger partial charge in [-0.1, -0.05) is 18.2 Å². The monoisotopic (exact) mass is 420 g/mol. The molecule has 1 fully saturated rings. The molecular formula is C20H17N2NaO5S. The molecule has 29 heavy (non-hydrogen) atoms. The molecule has 2 aromatic rings. The van der Waals surface area contributed by atoms with E-state index < -0.39 is 23.9 Å². The zero-order chi connectivity index (χ0) is 20.0. The minimum absolute atomic E-state index is 0. The second-order valence-corrected chi connectivity index (χ2v) is 7.82. The van der Waals surface area contributed by atoms with E-state index in [1.54, 1.807) is 36.4 Å². The molecule has 3 heterocycles. The van der Waals surface area contributed by atoms with Crippen LogP contribution in [0, 0.1) is 5.92 Å². The fourth-order valence-electron chi connectivity index (χ4n) is 3.87. The van der Waals surface area contributed by atoms with Gasteiger partial charge >= 0.3 is 29.6 Å². The third-order valence-corrected chi connectivity index (χ3v) is 6.03. The van der Waals surface area contributed by atoms with E-state index >= 15 is 0 Å². The molecule has 144 valence electrons. The molecule has 7 nitrogen and oxygen atoms in total. The van der Waals surface area contributed by atoms with E-state index in [2.05, 4.69) is 5.32 Å². The van der Waals surface area contributed by atoms with Crippen LogP contribution in [0.1, 0.15) is 28.6 Å². The molecule has 0 aliphatic carbocycles. The van der Waals surface area contributed by atoms with Gasteiger partial charge in [-0.15, -0.1) is 11.3 Å². The number of benzene rings is 1. The number of nitrogens with one attached hydrogen (secondary N) is 1. The van der Waals surface area contributed by atoms with Gasteiger partial charge in [0.05, 0.1) is 34.6 Å². The van der Waals surface area contributed by atoms with Crippen LogP contribution in [-0.2, 0) is 9.59 Å². The topological polar surface area (TPSA) is 110 Å². The summed E-state index contributed by atoms with van der Waals surface area (Å²) in [7, 11) is 0. The number of anilines is 1. The number of carbonyl (C=O) groups excluding carboxylic acids is 3. The average molecular weight is 420 g/mol. The Hall–Kier alpha value is -1.97. The van der Waals surface area contributed by atoms with Crippen molar-refractivity contribution in [2.45, 2.75) is 25.5 Å². The van der Waals surface area contributed by atoms with Crippen molar-refractivity contribution in [3.05, 3.63) is 57.9 Å². The Balaban J connectivity index is 0.00000240. The number of fused-ring (bicyclic) bond motifs is 1. The van der Waals surface area contributed by atoms with E-state index in [1.807, 2.05) is 5.38 Å². The van der Waals surface area contributed by atoms with Crippen LogP contribution >= 0.6 is 11.3 Å². The zero-order valence-electron chi connectivity index (χ0n) is 15.9. The first-order chi connectivity index (χ1) is 13.4. The molecule has 0 radical (unpaired) electrons. The van der Waals surface area contributed by atoms with Crippen molar-refractivity contribution >= 4 is 40.4 Å². The van der Waals surface area contributed by atoms with Gasteiger partial charge in [0.2, 0.25) is 5.91 Å². The minimum Gasteiger partial charge on any atom is -0.543 e. The van der Waals surface area contributed by atoms with Gasteiger partial charge in [0.25, 0.3) is 5.91 Å². The summed E-state index contributed by atoms with van der Waals surface area (Å²) in [6.07, 6.45) is -0.503. The van der Waals surface area contributed by atoms with Crippen LogP contribution in [0.5, 0.6) is 0 Å². The number of amides is 2. The van der Waals surface area contributed by atoms with Crippen molar-refractivity contribution in [3.8, 4) is 0 Å². The first-order valence-corrected chi connectivity index (χ1v) is 9.67. The summed E-state index contributed by atoms with van der Waals surface area (Å²) in [5.74, 6) is -2.62. The first kappa shape index (κ1) is 21.7. The largest absolute Gasteiger partial charge is 1.00 e. The fraction of sp³-hybridized carbons (Fsp3) is 0.250. The molecule has 2 amide bonds. The summed E-state index contributed by atoms with van der Waals surface area (Å²) in [6.45, 7) is 1.53. The summed E-state index contributed by atoms with van der Waals surface area (Å²) in [4.78, 5) is 37.9. The van der Waals surface area contributed by atoms with Crippen LogP contribution < -0.4 is 40.0 Å². The van der Waals surface area contributed by atoms with Gasteiger partial charge in [-0.25, -0.2) is 0 Å². The van der Waals surface area contributed by atoms with Crippen LogP contribution in [0.3, 0.4) is 0 Å². The summed E-state index contributed by atoms with van der Waals surface area (Å²) in [6, 6.07) is 9.93. The van der Waals surface area contributed by atoms with Gasteiger partial charge in [-0.05, 0) is 48.1 Å². The second kappa shape index (κ2) is 8.41. The van der Waals surface area contributed by atoms with Crippen molar-refractivity contribution in [2.75, 3.05) is 5.32 Å². The molecule has 0 bridgehead atoms. The Morgan fingerprint density at radius 1 is 1.28 bits per heavy atom. The maximum absolute atomic E-state index is 12.3. The molecule has 0 saturated carbocycles. The Morgan fingerprint density at radius 2 is 1.97 bits per heavy atom. The Morgan fingerprint density at radius 3 is 2.52 bits per heavy atom. The smallest absolute Gasteiger partial charge is 0.543 e. The Bertz CT molecular complexity index is 985. The van der Waals surface area contributed by atoms with Crippen molar-refractivity contribution < 1.29 is 54.2 Å². The van der Waals surface area contributed by atoms with Gasteiger partial charge in [0, 0.05) is 5.69 Å². The fourth-order valence-corrected chi connectivity index (χ4v) is 4.49. The van der Waals surface area contributed by atoms with Gasteiger partial charge < -0.3 is 25.2 Å². The van der Waals surface area contributed by atoms with Gasteiger partial charge in [0.1, 0.15) is 0 Å². The maximum Gasteiger partial charge on any atom is 1.00 e. The summed E-state index contributed by atoms with van der Waals surface area (Å²) in [5.41, 5.74) is 1.58. The summed E-state index contributed by atoms with van der Waals surface area (Å²) in [5, 5.41) is 26.1. The minimum atomic E-state index is -1.41. The van der Waals surface area contributed by atoms with E-state index in [1.165, 1.54) is 23.2 Å². The number of thiophene rings is 1. The van der Waals surface area contributed by atoms with Crippen LogP contribution in [0.15, 0.2) is 47.5 Å². The number of aliphatic hydroxyl groups excluding tert-OH is 1. The van der Waals surface area contributed by atoms with Gasteiger partial charge in [0.15, 0.2) is 0 Å². The standard InChI is InChI=1S/C20H18N2O5S.Na/c1-10(23)16-14-9-13(17(20(26)27)22(14)19(16)25)11-4-6-12(7-5-11)21-18(24)15-3-2-8-28-15;/h2-8,10,14,16,23H,9H2,1H3,(H,21,24)(H,26,27);/q;+1/p-1/t10-,14-,16+;/m1./s1. The predicted octanol–water partition coefficient (Wildman–Crippen LogP) is -1.92. The SMILES string of the molecule is C[C@@H](O)[C@@H]1C(=O)N2C(C(=O)[O-])=C(c3ccc(NC(=O)c4cccs4)cc3)C[C@H]12.[Na+]. The second-order valence-electron chi connectivity index (χ2n) is 6.87. The number of β-lactam (4-membered cyclic amide) rings is 1. The zero-order valence-corrected chi connectivity index (χ0v) is 18.7. The number of rotatable bonds is 5. The van der Waals surface area contributed by atoms with Crippen LogP contribution in [0.25, 0.3) is 5.57 Å². The van der Waals surface area contributed by atoms with Gasteiger partial charge in [-0.2, -0.15) is 0 Å².